The summed E-state index contributed by atoms with van der Waals surface area (Å²) in [4.78, 5) is 30.0. The lowest BCUT2D eigenvalue weighted by atomic mass is 10.1. The van der Waals surface area contributed by atoms with Gasteiger partial charge in [-0.1, -0.05) is 6.92 Å². The standard InChI is InChI=1S/C17H19N3O4S/c1-2-14-15(18-10-24-14)16(21)19-11-3-4-13(12(9-11)17(22)23)20-5-7-25-8-6-20/h3-4,9-10H,2,5-8H2,1H3,(H,19,21)(H,22,23). The van der Waals surface area contributed by atoms with Gasteiger partial charge in [0.25, 0.3) is 5.91 Å². The topological polar surface area (TPSA) is 95.7 Å². The average Bonchev–Trinajstić information content (AvgIpc) is 3.11. The van der Waals surface area contributed by atoms with E-state index in [2.05, 4.69) is 15.2 Å². The van der Waals surface area contributed by atoms with E-state index in [1.807, 2.05) is 18.7 Å². The second-order valence-corrected chi connectivity index (χ2v) is 6.79. The number of anilines is 2. The van der Waals surface area contributed by atoms with Crippen molar-refractivity contribution < 1.29 is 19.1 Å². The molecule has 0 unspecified atom stereocenters. The average molecular weight is 361 g/mol. The summed E-state index contributed by atoms with van der Waals surface area (Å²) in [5.74, 6) is 1.02. The molecule has 132 valence electrons. The fourth-order valence-electron chi connectivity index (χ4n) is 2.76. The highest BCUT2D eigenvalue weighted by Gasteiger charge is 2.20. The summed E-state index contributed by atoms with van der Waals surface area (Å²) in [7, 11) is 0. The van der Waals surface area contributed by atoms with E-state index in [-0.39, 0.29) is 11.3 Å². The third kappa shape index (κ3) is 3.79. The molecule has 2 aromatic rings. The number of rotatable bonds is 5. The van der Waals surface area contributed by atoms with Crippen molar-refractivity contribution in [1.29, 1.82) is 0 Å². The largest absolute Gasteiger partial charge is 0.478 e. The second kappa shape index (κ2) is 7.60. The Balaban J connectivity index is 1.84. The van der Waals surface area contributed by atoms with E-state index >= 15 is 0 Å². The molecule has 7 nitrogen and oxygen atoms in total. The fourth-order valence-corrected chi connectivity index (χ4v) is 3.67. The van der Waals surface area contributed by atoms with Crippen molar-refractivity contribution in [2.24, 2.45) is 0 Å². The molecule has 0 radical (unpaired) electrons. The molecule has 3 rings (SSSR count). The number of carboxylic acid groups (broad SMARTS) is 1. The molecule has 8 heteroatoms. The smallest absolute Gasteiger partial charge is 0.337 e. The van der Waals surface area contributed by atoms with E-state index in [0.29, 0.717) is 23.6 Å². The maximum atomic E-state index is 12.3. The lowest BCUT2D eigenvalue weighted by molar-refractivity contribution is 0.0697. The molecule has 0 bridgehead atoms. The first kappa shape index (κ1) is 17.3. The Bertz CT molecular complexity index is 784. The van der Waals surface area contributed by atoms with Crippen LogP contribution < -0.4 is 10.2 Å². The third-order valence-corrected chi connectivity index (χ3v) is 4.96. The molecule has 1 aromatic carbocycles. The summed E-state index contributed by atoms with van der Waals surface area (Å²) in [6, 6.07) is 4.95. The number of aromatic carboxylic acids is 1. The summed E-state index contributed by atoms with van der Waals surface area (Å²) in [6.07, 6.45) is 1.78. The van der Waals surface area contributed by atoms with Crippen molar-refractivity contribution in [1.82, 2.24) is 4.98 Å². The van der Waals surface area contributed by atoms with Gasteiger partial charge in [-0.2, -0.15) is 11.8 Å². The predicted molar refractivity (Wildman–Crippen MR) is 96.8 cm³/mol. The Morgan fingerprint density at radius 1 is 1.36 bits per heavy atom. The number of benzene rings is 1. The van der Waals surface area contributed by atoms with Crippen molar-refractivity contribution in [3.63, 3.8) is 0 Å². The van der Waals surface area contributed by atoms with Gasteiger partial charge in [-0.15, -0.1) is 0 Å². The van der Waals surface area contributed by atoms with Gasteiger partial charge in [-0.25, -0.2) is 9.78 Å². The molecule has 2 heterocycles. The SMILES string of the molecule is CCc1ocnc1C(=O)Nc1ccc(N2CCSCC2)c(C(=O)O)c1. The van der Waals surface area contributed by atoms with Gasteiger partial charge in [0.05, 0.1) is 11.3 Å². The van der Waals surface area contributed by atoms with Crippen LogP contribution in [0.5, 0.6) is 0 Å². The molecular weight excluding hydrogens is 342 g/mol. The van der Waals surface area contributed by atoms with Crippen LogP contribution in [-0.4, -0.2) is 46.6 Å². The van der Waals surface area contributed by atoms with Crippen molar-refractivity contribution in [3.05, 3.63) is 41.6 Å². The summed E-state index contributed by atoms with van der Waals surface area (Å²) in [5.41, 5.74) is 1.50. The molecule has 1 aliphatic rings. The molecule has 0 spiro atoms. The van der Waals surface area contributed by atoms with Crippen LogP contribution in [0.15, 0.2) is 29.0 Å². The minimum atomic E-state index is -1.01. The van der Waals surface area contributed by atoms with Gasteiger partial charge in [0.2, 0.25) is 0 Å². The van der Waals surface area contributed by atoms with Crippen LogP contribution in [0.2, 0.25) is 0 Å². The van der Waals surface area contributed by atoms with Crippen molar-refractivity contribution in [3.8, 4) is 0 Å². The molecule has 0 aliphatic carbocycles. The number of carbonyl (C=O) groups excluding carboxylic acids is 1. The molecule has 0 atom stereocenters. The number of carbonyl (C=O) groups is 2. The van der Waals surface area contributed by atoms with Gasteiger partial charge in [0.1, 0.15) is 5.76 Å². The van der Waals surface area contributed by atoms with Crippen LogP contribution in [0, 0.1) is 0 Å². The molecule has 1 fully saturated rings. The maximum absolute atomic E-state index is 12.3. The highest BCUT2D eigenvalue weighted by atomic mass is 32.2. The first-order chi connectivity index (χ1) is 12.1. The van der Waals surface area contributed by atoms with Gasteiger partial charge < -0.3 is 19.7 Å². The number of nitrogens with zero attached hydrogens (tertiary/aromatic N) is 2. The van der Waals surface area contributed by atoms with Crippen LogP contribution in [0.25, 0.3) is 0 Å². The van der Waals surface area contributed by atoms with Gasteiger partial charge in [0, 0.05) is 36.7 Å². The minimum Gasteiger partial charge on any atom is -0.478 e. The number of carboxylic acids is 1. The van der Waals surface area contributed by atoms with Gasteiger partial charge in [-0.05, 0) is 18.2 Å². The fraction of sp³-hybridized carbons (Fsp3) is 0.353. The van der Waals surface area contributed by atoms with Crippen molar-refractivity contribution in [2.75, 3.05) is 34.8 Å². The van der Waals surface area contributed by atoms with Gasteiger partial charge in [-0.3, -0.25) is 4.79 Å². The summed E-state index contributed by atoms with van der Waals surface area (Å²) in [6.45, 7) is 3.50. The highest BCUT2D eigenvalue weighted by molar-refractivity contribution is 7.99. The minimum absolute atomic E-state index is 0.181. The van der Waals surface area contributed by atoms with E-state index < -0.39 is 11.9 Å². The van der Waals surface area contributed by atoms with E-state index in [1.54, 1.807) is 12.1 Å². The Morgan fingerprint density at radius 3 is 2.80 bits per heavy atom. The first-order valence-electron chi connectivity index (χ1n) is 8.04. The van der Waals surface area contributed by atoms with E-state index in [9.17, 15) is 14.7 Å². The quantitative estimate of drug-likeness (QED) is 0.845. The number of oxazole rings is 1. The Labute approximate surface area is 149 Å². The van der Waals surface area contributed by atoms with Crippen LogP contribution in [0.1, 0.15) is 33.5 Å². The Hall–Kier alpha value is -2.48. The molecule has 0 saturated carbocycles. The van der Waals surface area contributed by atoms with Crippen LogP contribution in [0.3, 0.4) is 0 Å². The van der Waals surface area contributed by atoms with Crippen molar-refractivity contribution in [2.45, 2.75) is 13.3 Å². The molecule has 25 heavy (non-hydrogen) atoms. The lowest BCUT2D eigenvalue weighted by Gasteiger charge is -2.29. The van der Waals surface area contributed by atoms with Crippen LogP contribution in [0.4, 0.5) is 11.4 Å². The number of aromatic nitrogens is 1. The van der Waals surface area contributed by atoms with Gasteiger partial charge >= 0.3 is 5.97 Å². The van der Waals surface area contributed by atoms with Crippen molar-refractivity contribution >= 4 is 35.0 Å². The van der Waals surface area contributed by atoms with E-state index in [0.717, 1.165) is 24.6 Å². The molecule has 1 saturated heterocycles. The zero-order valence-electron chi connectivity index (χ0n) is 13.8. The van der Waals surface area contributed by atoms with Crippen LogP contribution in [-0.2, 0) is 6.42 Å². The monoisotopic (exact) mass is 361 g/mol. The van der Waals surface area contributed by atoms with E-state index in [1.165, 1.54) is 12.5 Å². The molecule has 1 aromatic heterocycles. The number of amides is 1. The number of hydrogen-bond acceptors (Lipinski definition) is 6. The summed E-state index contributed by atoms with van der Waals surface area (Å²) < 4.78 is 5.16. The number of nitrogens with one attached hydrogen (secondary N) is 1. The molecular formula is C17H19N3O4S. The lowest BCUT2D eigenvalue weighted by Crippen LogP contribution is -2.33. The Kier molecular flexibility index (Phi) is 5.28. The maximum Gasteiger partial charge on any atom is 0.337 e. The van der Waals surface area contributed by atoms with Crippen LogP contribution >= 0.6 is 11.8 Å². The zero-order valence-corrected chi connectivity index (χ0v) is 14.6. The summed E-state index contributed by atoms with van der Waals surface area (Å²) in [5, 5.41) is 12.2. The number of thioether (sulfide) groups is 1. The van der Waals surface area contributed by atoms with Gasteiger partial charge in [0.15, 0.2) is 12.1 Å². The predicted octanol–water partition coefficient (Wildman–Crippen LogP) is 2.74. The number of aryl methyl sites for hydroxylation is 1. The summed E-state index contributed by atoms with van der Waals surface area (Å²) >= 11 is 1.86. The van der Waals surface area contributed by atoms with E-state index in [4.69, 9.17) is 4.42 Å². The first-order valence-corrected chi connectivity index (χ1v) is 9.19. The zero-order chi connectivity index (χ0) is 17.8. The molecule has 1 amide bonds. The normalized spacial score (nSPS) is 14.4. The second-order valence-electron chi connectivity index (χ2n) is 5.57. The number of hydrogen-bond donors (Lipinski definition) is 2. The third-order valence-electron chi connectivity index (χ3n) is 4.01. The Morgan fingerprint density at radius 2 is 2.12 bits per heavy atom. The molecule has 2 N–H and O–H groups in total. The highest BCUT2D eigenvalue weighted by Crippen LogP contribution is 2.27. The molecule has 1 aliphatic heterocycles.